The number of benzene rings is 2. The van der Waals surface area contributed by atoms with Gasteiger partial charge in [-0.1, -0.05) is 51.1 Å². The highest BCUT2D eigenvalue weighted by Crippen LogP contribution is 2.38. The van der Waals surface area contributed by atoms with E-state index in [-0.39, 0.29) is 29.8 Å². The van der Waals surface area contributed by atoms with Gasteiger partial charge < -0.3 is 18.9 Å². The van der Waals surface area contributed by atoms with Crippen LogP contribution in [-0.2, 0) is 21.5 Å². The number of hydrogen-bond donors (Lipinski definition) is 0. The maximum atomic E-state index is 13.1. The fourth-order valence-electron chi connectivity index (χ4n) is 4.36. The molecule has 1 heterocycles. The van der Waals surface area contributed by atoms with Gasteiger partial charge in [0.15, 0.2) is 11.5 Å². The van der Waals surface area contributed by atoms with E-state index in [0.717, 1.165) is 5.56 Å². The first kappa shape index (κ1) is 29.7. The molecule has 0 bridgehead atoms. The van der Waals surface area contributed by atoms with Crippen molar-refractivity contribution >= 4 is 11.9 Å². The molecule has 7 nitrogen and oxygen atoms in total. The molecule has 0 spiro atoms. The maximum absolute atomic E-state index is 13.1. The average molecular weight is 534 g/mol. The fraction of sp³-hybridized carbons (Fsp3) is 0.406. The Morgan fingerprint density at radius 2 is 1.31 bits per heavy atom. The number of carbonyl (C=O) groups is 2. The lowest BCUT2D eigenvalue weighted by atomic mass is 9.87. The van der Waals surface area contributed by atoms with Gasteiger partial charge in [0, 0.05) is 5.56 Å². The second-order valence-electron chi connectivity index (χ2n) is 10.2. The first-order valence-corrected chi connectivity index (χ1v) is 13.4. The summed E-state index contributed by atoms with van der Waals surface area (Å²) in [5, 5.41) is 0. The zero-order valence-corrected chi connectivity index (χ0v) is 24.3. The minimum Gasteiger partial charge on any atom is -0.490 e. The van der Waals surface area contributed by atoms with Crippen LogP contribution in [0, 0.1) is 13.8 Å². The summed E-state index contributed by atoms with van der Waals surface area (Å²) in [6, 6.07) is 13.7. The van der Waals surface area contributed by atoms with E-state index in [1.807, 2.05) is 6.92 Å². The Morgan fingerprint density at radius 3 is 1.79 bits per heavy atom. The Labute approximate surface area is 231 Å². The summed E-state index contributed by atoms with van der Waals surface area (Å²) in [7, 11) is 0. The summed E-state index contributed by atoms with van der Waals surface area (Å²) in [6.45, 7) is 16.5. The largest absolute Gasteiger partial charge is 0.490 e. The molecular formula is C32H39NO6. The third kappa shape index (κ3) is 6.96. The van der Waals surface area contributed by atoms with Crippen LogP contribution in [-0.4, -0.2) is 36.7 Å². The molecule has 208 valence electrons. The molecular weight excluding hydrogens is 494 g/mol. The van der Waals surface area contributed by atoms with Gasteiger partial charge in [0.25, 0.3) is 0 Å². The number of aryl methyl sites for hydroxylation is 2. The van der Waals surface area contributed by atoms with E-state index >= 15 is 0 Å². The second-order valence-corrected chi connectivity index (χ2v) is 10.2. The standard InChI is InChI=1S/C32H39NO6/c1-9-36-26-18-23(14-17-25(26)39-19-22-12-15-24(16-13-22)32(6,7)8)29-27(30(34)37-10-2)20(4)33-21(5)28(29)31(35)38-11-3/h12-18H,9-11,19H2,1-8H3. The summed E-state index contributed by atoms with van der Waals surface area (Å²) in [5.74, 6) is -0.0588. The van der Waals surface area contributed by atoms with E-state index in [2.05, 4.69) is 50.0 Å². The van der Waals surface area contributed by atoms with Crippen molar-refractivity contribution in [3.8, 4) is 22.6 Å². The van der Waals surface area contributed by atoms with E-state index in [9.17, 15) is 9.59 Å². The number of rotatable bonds is 10. The maximum Gasteiger partial charge on any atom is 0.340 e. The molecule has 2 aromatic carbocycles. The number of esters is 2. The molecule has 3 aromatic rings. The zero-order valence-electron chi connectivity index (χ0n) is 24.3. The topological polar surface area (TPSA) is 84.0 Å². The first-order chi connectivity index (χ1) is 18.5. The summed E-state index contributed by atoms with van der Waals surface area (Å²) in [6.07, 6.45) is 0. The molecule has 0 unspecified atom stereocenters. The van der Waals surface area contributed by atoms with Crippen molar-refractivity contribution in [1.82, 2.24) is 4.98 Å². The molecule has 0 atom stereocenters. The molecule has 0 aliphatic heterocycles. The predicted octanol–water partition coefficient (Wildman–Crippen LogP) is 6.99. The summed E-state index contributed by atoms with van der Waals surface area (Å²) < 4.78 is 22.8. The number of pyridine rings is 1. The molecule has 0 amide bonds. The van der Waals surface area contributed by atoms with Crippen molar-refractivity contribution in [2.24, 2.45) is 0 Å². The van der Waals surface area contributed by atoms with Crippen molar-refractivity contribution in [1.29, 1.82) is 0 Å². The summed E-state index contributed by atoms with van der Waals surface area (Å²) in [4.78, 5) is 30.6. The van der Waals surface area contributed by atoms with Crippen LogP contribution in [0.25, 0.3) is 11.1 Å². The third-order valence-corrected chi connectivity index (χ3v) is 6.26. The van der Waals surface area contributed by atoms with Crippen LogP contribution in [0.4, 0.5) is 0 Å². The van der Waals surface area contributed by atoms with E-state index in [1.165, 1.54) is 5.56 Å². The SMILES string of the molecule is CCOC(=O)c1c(C)nc(C)c(C(=O)OCC)c1-c1ccc(OCc2ccc(C(C)(C)C)cc2)c(OCC)c1. The van der Waals surface area contributed by atoms with Crippen molar-refractivity contribution in [2.45, 2.75) is 67.4 Å². The van der Waals surface area contributed by atoms with Crippen molar-refractivity contribution in [3.05, 3.63) is 76.1 Å². The van der Waals surface area contributed by atoms with Gasteiger partial charge in [0.2, 0.25) is 0 Å². The lowest BCUT2D eigenvalue weighted by Gasteiger charge is -2.20. The molecule has 0 aliphatic carbocycles. The Bertz CT molecular complexity index is 1280. The molecule has 0 fully saturated rings. The van der Waals surface area contributed by atoms with E-state index in [4.69, 9.17) is 18.9 Å². The normalized spacial score (nSPS) is 11.2. The highest BCUT2D eigenvalue weighted by Gasteiger charge is 2.28. The molecule has 0 radical (unpaired) electrons. The Morgan fingerprint density at radius 1 is 0.744 bits per heavy atom. The van der Waals surface area contributed by atoms with Crippen LogP contribution < -0.4 is 9.47 Å². The molecule has 0 saturated carbocycles. The fourth-order valence-corrected chi connectivity index (χ4v) is 4.36. The molecule has 0 saturated heterocycles. The van der Waals surface area contributed by atoms with Crippen LogP contribution in [0.1, 0.15) is 84.8 Å². The Hall–Kier alpha value is -3.87. The van der Waals surface area contributed by atoms with Crippen molar-refractivity contribution in [3.63, 3.8) is 0 Å². The highest BCUT2D eigenvalue weighted by atomic mass is 16.5. The van der Waals surface area contributed by atoms with Gasteiger partial charge in [-0.3, -0.25) is 4.98 Å². The van der Waals surface area contributed by atoms with Crippen LogP contribution >= 0.6 is 0 Å². The minimum absolute atomic E-state index is 0.0752. The molecule has 7 heteroatoms. The lowest BCUT2D eigenvalue weighted by Crippen LogP contribution is -2.17. The summed E-state index contributed by atoms with van der Waals surface area (Å²) >= 11 is 0. The van der Waals surface area contributed by atoms with Crippen LogP contribution in [0.15, 0.2) is 42.5 Å². The van der Waals surface area contributed by atoms with Gasteiger partial charge >= 0.3 is 11.9 Å². The van der Waals surface area contributed by atoms with E-state index in [0.29, 0.717) is 47.2 Å². The van der Waals surface area contributed by atoms with E-state index in [1.54, 1.807) is 45.9 Å². The van der Waals surface area contributed by atoms with Crippen molar-refractivity contribution in [2.75, 3.05) is 19.8 Å². The number of carbonyl (C=O) groups excluding carboxylic acids is 2. The van der Waals surface area contributed by atoms with Crippen LogP contribution in [0.2, 0.25) is 0 Å². The van der Waals surface area contributed by atoms with E-state index < -0.39 is 11.9 Å². The Balaban J connectivity index is 2.08. The number of nitrogens with zero attached hydrogens (tertiary/aromatic N) is 1. The number of ether oxygens (including phenoxy) is 4. The van der Waals surface area contributed by atoms with Crippen LogP contribution in [0.5, 0.6) is 11.5 Å². The molecule has 1 aromatic heterocycles. The zero-order chi connectivity index (χ0) is 28.7. The molecule has 0 aliphatic rings. The van der Waals surface area contributed by atoms with Crippen LogP contribution in [0.3, 0.4) is 0 Å². The lowest BCUT2D eigenvalue weighted by molar-refractivity contribution is 0.0525. The Kier molecular flexibility index (Phi) is 9.73. The predicted molar refractivity (Wildman–Crippen MR) is 152 cm³/mol. The monoisotopic (exact) mass is 533 g/mol. The van der Waals surface area contributed by atoms with Crippen molar-refractivity contribution < 1.29 is 28.5 Å². The average Bonchev–Trinajstić information content (AvgIpc) is 2.87. The quantitative estimate of drug-likeness (QED) is 0.260. The number of hydrogen-bond acceptors (Lipinski definition) is 7. The van der Waals surface area contributed by atoms with Gasteiger partial charge in [-0.25, -0.2) is 9.59 Å². The smallest absolute Gasteiger partial charge is 0.340 e. The van der Waals surface area contributed by atoms with Gasteiger partial charge in [-0.15, -0.1) is 0 Å². The van der Waals surface area contributed by atoms with Gasteiger partial charge in [0.1, 0.15) is 6.61 Å². The number of aromatic nitrogens is 1. The van der Waals surface area contributed by atoms with Gasteiger partial charge in [0.05, 0.1) is 42.3 Å². The summed E-state index contributed by atoms with van der Waals surface area (Å²) in [5.41, 5.74) is 4.74. The second kappa shape index (κ2) is 12.8. The first-order valence-electron chi connectivity index (χ1n) is 13.4. The third-order valence-electron chi connectivity index (χ3n) is 6.26. The molecule has 39 heavy (non-hydrogen) atoms. The van der Waals surface area contributed by atoms with Gasteiger partial charge in [-0.2, -0.15) is 0 Å². The molecule has 3 rings (SSSR count). The van der Waals surface area contributed by atoms with Gasteiger partial charge in [-0.05, 0) is 68.9 Å². The molecule has 0 N–H and O–H groups in total. The minimum atomic E-state index is -0.556. The highest BCUT2D eigenvalue weighted by molar-refractivity contribution is 6.07.